The Kier molecular flexibility index (Phi) is 3.82. The molecular formula is C12H24N2. The van der Waals surface area contributed by atoms with E-state index in [-0.39, 0.29) is 0 Å². The van der Waals surface area contributed by atoms with Crippen LogP contribution < -0.4 is 11.1 Å². The van der Waals surface area contributed by atoms with Crippen molar-refractivity contribution in [2.75, 3.05) is 13.1 Å². The van der Waals surface area contributed by atoms with Crippen LogP contribution in [-0.2, 0) is 0 Å². The Morgan fingerprint density at radius 2 is 1.93 bits per heavy atom. The molecule has 2 heteroatoms. The molecule has 1 unspecified atom stereocenters. The average Bonchev–Trinajstić information content (AvgIpc) is 3.04. The van der Waals surface area contributed by atoms with Gasteiger partial charge < -0.3 is 11.1 Å². The van der Waals surface area contributed by atoms with Gasteiger partial charge in [-0.1, -0.05) is 12.8 Å². The van der Waals surface area contributed by atoms with Gasteiger partial charge in [-0.25, -0.2) is 0 Å². The summed E-state index contributed by atoms with van der Waals surface area (Å²) in [6.45, 7) is 2.33. The Labute approximate surface area is 87.6 Å². The Bertz CT molecular complexity index is 162. The Balaban J connectivity index is 1.35. The maximum absolute atomic E-state index is 6.01. The molecule has 82 valence electrons. The molecule has 0 saturated heterocycles. The molecule has 2 aliphatic rings. The molecule has 2 nitrogen and oxygen atoms in total. The van der Waals surface area contributed by atoms with E-state index in [9.17, 15) is 0 Å². The van der Waals surface area contributed by atoms with Crippen LogP contribution >= 0.6 is 0 Å². The summed E-state index contributed by atoms with van der Waals surface area (Å²) in [6, 6.07) is 0.478. The zero-order valence-corrected chi connectivity index (χ0v) is 9.17. The minimum Gasteiger partial charge on any atom is -0.327 e. The highest BCUT2D eigenvalue weighted by atomic mass is 14.9. The first-order valence-corrected chi connectivity index (χ1v) is 6.32. The first-order chi connectivity index (χ1) is 6.86. The fraction of sp³-hybridized carbons (Fsp3) is 1.00. The van der Waals surface area contributed by atoms with Gasteiger partial charge in [-0.2, -0.15) is 0 Å². The highest BCUT2D eigenvalue weighted by molar-refractivity contribution is 4.84. The predicted molar refractivity (Wildman–Crippen MR) is 60.1 cm³/mol. The fourth-order valence-electron chi connectivity index (χ4n) is 2.08. The van der Waals surface area contributed by atoms with E-state index in [0.29, 0.717) is 6.04 Å². The second-order valence-electron chi connectivity index (χ2n) is 5.13. The van der Waals surface area contributed by atoms with E-state index in [0.717, 1.165) is 18.4 Å². The molecule has 0 aromatic heterocycles. The van der Waals surface area contributed by atoms with E-state index >= 15 is 0 Å². The lowest BCUT2D eigenvalue weighted by Gasteiger charge is -2.10. The van der Waals surface area contributed by atoms with Crippen LogP contribution in [0.4, 0.5) is 0 Å². The van der Waals surface area contributed by atoms with Gasteiger partial charge in [-0.15, -0.1) is 0 Å². The molecule has 2 rings (SSSR count). The van der Waals surface area contributed by atoms with Crippen LogP contribution in [0.25, 0.3) is 0 Å². The van der Waals surface area contributed by atoms with Crippen molar-refractivity contribution in [3.63, 3.8) is 0 Å². The smallest absolute Gasteiger partial charge is 0.00792 e. The van der Waals surface area contributed by atoms with Gasteiger partial charge in [0.15, 0.2) is 0 Å². The van der Waals surface area contributed by atoms with Gasteiger partial charge in [0, 0.05) is 6.04 Å². The second kappa shape index (κ2) is 5.13. The van der Waals surface area contributed by atoms with Crippen molar-refractivity contribution in [2.45, 2.75) is 51.0 Å². The van der Waals surface area contributed by atoms with E-state index in [1.54, 1.807) is 0 Å². The van der Waals surface area contributed by atoms with Crippen molar-refractivity contribution in [3.8, 4) is 0 Å². The first-order valence-electron chi connectivity index (χ1n) is 6.32. The summed E-state index contributed by atoms with van der Waals surface area (Å²) in [6.07, 6.45) is 9.73. The van der Waals surface area contributed by atoms with E-state index in [1.807, 2.05) is 0 Å². The summed E-state index contributed by atoms with van der Waals surface area (Å²) in [7, 11) is 0. The maximum Gasteiger partial charge on any atom is 0.00792 e. The van der Waals surface area contributed by atoms with Crippen molar-refractivity contribution >= 4 is 0 Å². The Morgan fingerprint density at radius 1 is 1.14 bits per heavy atom. The monoisotopic (exact) mass is 196 g/mol. The molecular weight excluding hydrogens is 172 g/mol. The molecule has 0 bridgehead atoms. The number of nitrogens with one attached hydrogen (secondary N) is 1. The molecule has 0 spiro atoms. The number of hydrogen-bond donors (Lipinski definition) is 2. The normalized spacial score (nSPS) is 23.8. The summed E-state index contributed by atoms with van der Waals surface area (Å²) < 4.78 is 0. The van der Waals surface area contributed by atoms with Gasteiger partial charge in [0.25, 0.3) is 0 Å². The lowest BCUT2D eigenvalue weighted by atomic mass is 10.1. The minimum absolute atomic E-state index is 0.478. The van der Waals surface area contributed by atoms with Gasteiger partial charge in [0.2, 0.25) is 0 Å². The highest BCUT2D eigenvalue weighted by Crippen LogP contribution is 2.33. The van der Waals surface area contributed by atoms with Crippen molar-refractivity contribution < 1.29 is 0 Å². The van der Waals surface area contributed by atoms with Gasteiger partial charge in [0.05, 0.1) is 0 Å². The van der Waals surface area contributed by atoms with Gasteiger partial charge in [-0.05, 0) is 57.0 Å². The molecule has 0 aromatic carbocycles. The van der Waals surface area contributed by atoms with Crippen molar-refractivity contribution in [1.82, 2.24) is 5.32 Å². The molecule has 1 atom stereocenters. The molecule has 2 aliphatic carbocycles. The summed E-state index contributed by atoms with van der Waals surface area (Å²) >= 11 is 0. The van der Waals surface area contributed by atoms with E-state index in [1.165, 1.54) is 51.5 Å². The van der Waals surface area contributed by atoms with Crippen molar-refractivity contribution in [1.29, 1.82) is 0 Å². The molecule has 0 aliphatic heterocycles. The summed E-state index contributed by atoms with van der Waals surface area (Å²) in [5.74, 6) is 1.95. The SMILES string of the molecule is NC(CCNCCCC1CC1)C1CC1. The van der Waals surface area contributed by atoms with Gasteiger partial charge in [-0.3, -0.25) is 0 Å². The van der Waals surface area contributed by atoms with Crippen LogP contribution in [0.3, 0.4) is 0 Å². The molecule has 0 aromatic rings. The highest BCUT2D eigenvalue weighted by Gasteiger charge is 2.27. The van der Waals surface area contributed by atoms with Crippen LogP contribution in [0.15, 0.2) is 0 Å². The van der Waals surface area contributed by atoms with E-state index < -0.39 is 0 Å². The summed E-state index contributed by atoms with van der Waals surface area (Å²) in [4.78, 5) is 0. The number of nitrogens with two attached hydrogens (primary N) is 1. The fourth-order valence-corrected chi connectivity index (χ4v) is 2.08. The van der Waals surface area contributed by atoms with Crippen molar-refractivity contribution in [3.05, 3.63) is 0 Å². The largest absolute Gasteiger partial charge is 0.327 e. The van der Waals surface area contributed by atoms with Crippen LogP contribution in [0.2, 0.25) is 0 Å². The molecule has 14 heavy (non-hydrogen) atoms. The molecule has 2 saturated carbocycles. The predicted octanol–water partition coefficient (Wildman–Crippen LogP) is 1.89. The quantitative estimate of drug-likeness (QED) is 0.582. The Morgan fingerprint density at radius 3 is 2.57 bits per heavy atom. The molecule has 0 heterocycles. The zero-order valence-electron chi connectivity index (χ0n) is 9.17. The second-order valence-corrected chi connectivity index (χ2v) is 5.13. The lowest BCUT2D eigenvalue weighted by Crippen LogP contribution is -2.28. The lowest BCUT2D eigenvalue weighted by molar-refractivity contribution is 0.507. The first kappa shape index (κ1) is 10.4. The Hall–Kier alpha value is -0.0800. The summed E-state index contributed by atoms with van der Waals surface area (Å²) in [5.41, 5.74) is 6.01. The number of hydrogen-bond acceptors (Lipinski definition) is 2. The van der Waals surface area contributed by atoms with E-state index in [4.69, 9.17) is 5.73 Å². The van der Waals surface area contributed by atoms with Gasteiger partial charge >= 0.3 is 0 Å². The molecule has 0 amide bonds. The minimum atomic E-state index is 0.478. The molecule has 3 N–H and O–H groups in total. The molecule has 0 radical (unpaired) electrons. The standard InChI is InChI=1S/C12H24N2/c13-12(11-5-6-11)7-9-14-8-1-2-10-3-4-10/h10-12,14H,1-9,13H2. The van der Waals surface area contributed by atoms with Crippen LogP contribution in [0, 0.1) is 11.8 Å². The third-order valence-electron chi connectivity index (χ3n) is 3.54. The third-order valence-corrected chi connectivity index (χ3v) is 3.54. The van der Waals surface area contributed by atoms with E-state index in [2.05, 4.69) is 5.32 Å². The zero-order chi connectivity index (χ0) is 9.80. The van der Waals surface area contributed by atoms with Gasteiger partial charge in [0.1, 0.15) is 0 Å². The third kappa shape index (κ3) is 3.97. The van der Waals surface area contributed by atoms with Crippen molar-refractivity contribution in [2.24, 2.45) is 17.6 Å². The van der Waals surface area contributed by atoms with Crippen LogP contribution in [0.1, 0.15) is 44.9 Å². The molecule has 2 fully saturated rings. The average molecular weight is 196 g/mol. The number of rotatable bonds is 8. The van der Waals surface area contributed by atoms with Crippen LogP contribution in [0.5, 0.6) is 0 Å². The topological polar surface area (TPSA) is 38.0 Å². The van der Waals surface area contributed by atoms with Crippen LogP contribution in [-0.4, -0.2) is 19.1 Å². The summed E-state index contributed by atoms with van der Waals surface area (Å²) in [5, 5.41) is 3.50. The maximum atomic E-state index is 6.01.